The summed E-state index contributed by atoms with van der Waals surface area (Å²) in [7, 11) is -0.908. The van der Waals surface area contributed by atoms with Gasteiger partial charge in [0.1, 0.15) is 0 Å². The minimum absolute atomic E-state index is 0.908. The van der Waals surface area contributed by atoms with Crippen molar-refractivity contribution in [1.82, 2.24) is 0 Å². The number of hydrogen-bond acceptors (Lipinski definition) is 0. The minimum atomic E-state index is -0.908. The first-order chi connectivity index (χ1) is 8.99. The molecule has 0 radical (unpaired) electrons. The van der Waals surface area contributed by atoms with Crippen LogP contribution in [0.2, 0.25) is 25.7 Å². The van der Waals surface area contributed by atoms with Crippen molar-refractivity contribution in [2.75, 3.05) is 0 Å². The summed E-state index contributed by atoms with van der Waals surface area (Å²) in [5.74, 6) is 0. The zero-order chi connectivity index (χ0) is 14.6. The highest BCUT2D eigenvalue weighted by molar-refractivity contribution is 6.76. The Morgan fingerprint density at radius 3 is 1.79 bits per heavy atom. The molecule has 0 saturated heterocycles. The maximum absolute atomic E-state index is 2.43. The van der Waals surface area contributed by atoms with Gasteiger partial charge in [0.15, 0.2) is 0 Å². The molecule has 0 bridgehead atoms. The topological polar surface area (TPSA) is 0 Å². The molecule has 0 amide bonds. The standard InChI is InChI=1S/C18H36Si/c1-6-8-10-14-18(15-11-9-7-2)16-12-13-17-19(3,4)5/h12-13,16H,6-11,14-15,17H2,1-5H3/b13-12-. The van der Waals surface area contributed by atoms with E-state index in [1.807, 2.05) is 0 Å². The Hall–Kier alpha value is -0.303. The monoisotopic (exact) mass is 280 g/mol. The second-order valence-corrected chi connectivity index (χ2v) is 12.5. The van der Waals surface area contributed by atoms with Crippen molar-refractivity contribution in [2.24, 2.45) is 0 Å². The summed E-state index contributed by atoms with van der Waals surface area (Å²) in [6.45, 7) is 11.9. The van der Waals surface area contributed by atoms with E-state index >= 15 is 0 Å². The van der Waals surface area contributed by atoms with Crippen LogP contribution >= 0.6 is 0 Å². The highest BCUT2D eigenvalue weighted by Gasteiger charge is 2.08. The van der Waals surface area contributed by atoms with E-state index in [4.69, 9.17) is 0 Å². The van der Waals surface area contributed by atoms with Crippen LogP contribution in [-0.2, 0) is 0 Å². The van der Waals surface area contributed by atoms with E-state index in [0.717, 1.165) is 0 Å². The zero-order valence-electron chi connectivity index (χ0n) is 14.1. The second kappa shape index (κ2) is 11.5. The third-order valence-electron chi connectivity index (χ3n) is 3.40. The van der Waals surface area contributed by atoms with Gasteiger partial charge in [-0.1, -0.05) is 83.0 Å². The summed E-state index contributed by atoms with van der Waals surface area (Å²) in [6.07, 6.45) is 17.9. The molecule has 112 valence electrons. The van der Waals surface area contributed by atoms with Gasteiger partial charge in [0.2, 0.25) is 0 Å². The van der Waals surface area contributed by atoms with Crippen molar-refractivity contribution in [1.29, 1.82) is 0 Å². The summed E-state index contributed by atoms with van der Waals surface area (Å²) in [5.41, 5.74) is 1.67. The first kappa shape index (κ1) is 18.7. The van der Waals surface area contributed by atoms with Crippen molar-refractivity contribution in [2.45, 2.75) is 90.9 Å². The molecule has 1 heteroatoms. The molecule has 0 aliphatic carbocycles. The molecule has 0 aromatic heterocycles. The van der Waals surface area contributed by atoms with Crippen LogP contribution in [0.5, 0.6) is 0 Å². The average molecular weight is 281 g/mol. The van der Waals surface area contributed by atoms with Gasteiger partial charge >= 0.3 is 0 Å². The fraction of sp³-hybridized carbons (Fsp3) is 0.778. The summed E-state index contributed by atoms with van der Waals surface area (Å²) in [5, 5.41) is 0. The van der Waals surface area contributed by atoms with Gasteiger partial charge in [-0.2, -0.15) is 0 Å². The van der Waals surface area contributed by atoms with E-state index < -0.39 is 8.07 Å². The van der Waals surface area contributed by atoms with E-state index in [2.05, 4.69) is 51.7 Å². The van der Waals surface area contributed by atoms with Gasteiger partial charge in [0, 0.05) is 8.07 Å². The first-order valence-corrected chi connectivity index (χ1v) is 12.0. The lowest BCUT2D eigenvalue weighted by Gasteiger charge is -2.11. The fourth-order valence-corrected chi connectivity index (χ4v) is 2.96. The molecule has 0 spiro atoms. The normalized spacial score (nSPS) is 12.1. The minimum Gasteiger partial charge on any atom is -0.0872 e. The third kappa shape index (κ3) is 13.9. The van der Waals surface area contributed by atoms with Gasteiger partial charge in [-0.3, -0.25) is 0 Å². The molecular weight excluding hydrogens is 244 g/mol. The Morgan fingerprint density at radius 2 is 1.37 bits per heavy atom. The molecule has 0 fully saturated rings. The van der Waals surface area contributed by atoms with Crippen molar-refractivity contribution >= 4 is 8.07 Å². The lowest BCUT2D eigenvalue weighted by Crippen LogP contribution is -2.17. The van der Waals surface area contributed by atoms with E-state index in [9.17, 15) is 0 Å². The quantitative estimate of drug-likeness (QED) is 0.218. The maximum Gasteiger partial charge on any atom is 0.0480 e. The smallest absolute Gasteiger partial charge is 0.0480 e. The van der Waals surface area contributed by atoms with E-state index in [1.54, 1.807) is 5.57 Å². The van der Waals surface area contributed by atoms with Crippen molar-refractivity contribution in [3.63, 3.8) is 0 Å². The number of allylic oxidation sites excluding steroid dienone is 4. The summed E-state index contributed by atoms with van der Waals surface area (Å²) in [4.78, 5) is 0. The Bertz CT molecular complexity index is 243. The number of rotatable bonds is 11. The molecule has 0 heterocycles. The molecule has 0 aromatic carbocycles. The van der Waals surface area contributed by atoms with E-state index in [1.165, 1.54) is 57.4 Å². The van der Waals surface area contributed by atoms with E-state index in [-0.39, 0.29) is 0 Å². The molecule has 0 aliphatic rings. The van der Waals surface area contributed by atoms with Gasteiger partial charge in [-0.25, -0.2) is 0 Å². The zero-order valence-corrected chi connectivity index (χ0v) is 15.1. The Labute approximate surface area is 123 Å². The number of hydrogen-bond donors (Lipinski definition) is 0. The van der Waals surface area contributed by atoms with Gasteiger partial charge in [-0.05, 0) is 31.7 Å². The molecule has 0 nitrogen and oxygen atoms in total. The summed E-state index contributed by atoms with van der Waals surface area (Å²) in [6, 6.07) is 1.31. The Balaban J connectivity index is 4.19. The number of unbranched alkanes of at least 4 members (excludes halogenated alkanes) is 4. The van der Waals surface area contributed by atoms with Crippen LogP contribution in [0.25, 0.3) is 0 Å². The first-order valence-electron chi connectivity index (χ1n) is 8.34. The van der Waals surface area contributed by atoms with Crippen molar-refractivity contribution in [3.05, 3.63) is 23.8 Å². The molecule has 0 rings (SSSR count). The molecule has 0 N–H and O–H groups in total. The van der Waals surface area contributed by atoms with Gasteiger partial charge < -0.3 is 0 Å². The highest BCUT2D eigenvalue weighted by Crippen LogP contribution is 2.17. The van der Waals surface area contributed by atoms with Crippen LogP contribution in [0.3, 0.4) is 0 Å². The van der Waals surface area contributed by atoms with Crippen LogP contribution in [-0.4, -0.2) is 8.07 Å². The predicted molar refractivity (Wildman–Crippen MR) is 93.7 cm³/mol. The molecule has 0 aromatic rings. The van der Waals surface area contributed by atoms with Crippen molar-refractivity contribution in [3.8, 4) is 0 Å². The van der Waals surface area contributed by atoms with Crippen LogP contribution in [0.4, 0.5) is 0 Å². The molecule has 0 unspecified atom stereocenters. The third-order valence-corrected chi connectivity index (χ3v) is 4.86. The van der Waals surface area contributed by atoms with Gasteiger partial charge in [0.05, 0.1) is 0 Å². The Kier molecular flexibility index (Phi) is 11.3. The lowest BCUT2D eigenvalue weighted by atomic mass is 10.0. The summed E-state index contributed by atoms with van der Waals surface area (Å²) >= 11 is 0. The predicted octanol–water partition coefficient (Wildman–Crippen LogP) is 6.97. The molecule has 0 aliphatic heterocycles. The molecule has 19 heavy (non-hydrogen) atoms. The SMILES string of the molecule is CCCCCC(=C/C=C\C[Si](C)(C)C)CCCCC. The van der Waals surface area contributed by atoms with Crippen LogP contribution < -0.4 is 0 Å². The van der Waals surface area contributed by atoms with Gasteiger partial charge in [0.25, 0.3) is 0 Å². The van der Waals surface area contributed by atoms with E-state index in [0.29, 0.717) is 0 Å². The van der Waals surface area contributed by atoms with Crippen LogP contribution in [0.15, 0.2) is 23.8 Å². The second-order valence-electron chi connectivity index (χ2n) is 6.93. The maximum atomic E-state index is 2.43. The fourth-order valence-electron chi connectivity index (χ4n) is 2.12. The molecular formula is C18H36Si. The average Bonchev–Trinajstić information content (AvgIpc) is 2.33. The largest absolute Gasteiger partial charge is 0.0872 e. The summed E-state index contributed by atoms with van der Waals surface area (Å²) < 4.78 is 0. The molecule has 0 atom stereocenters. The van der Waals surface area contributed by atoms with Crippen LogP contribution in [0.1, 0.15) is 65.2 Å². The highest BCUT2D eigenvalue weighted by atomic mass is 28.3. The lowest BCUT2D eigenvalue weighted by molar-refractivity contribution is 0.659. The Morgan fingerprint density at radius 1 is 0.842 bits per heavy atom. The van der Waals surface area contributed by atoms with Gasteiger partial charge in [-0.15, -0.1) is 0 Å². The molecule has 0 saturated carbocycles. The van der Waals surface area contributed by atoms with Crippen molar-refractivity contribution < 1.29 is 0 Å². The van der Waals surface area contributed by atoms with Crippen LogP contribution in [0, 0.1) is 0 Å².